The van der Waals surface area contributed by atoms with Gasteiger partial charge in [0.15, 0.2) is 13.1 Å². The lowest BCUT2D eigenvalue weighted by Crippen LogP contribution is -2.37. The highest BCUT2D eigenvalue weighted by Crippen LogP contribution is 2.38. The van der Waals surface area contributed by atoms with Crippen LogP contribution in [0.25, 0.3) is 0 Å². The third-order valence-electron chi connectivity index (χ3n) is 6.99. The molecule has 0 radical (unpaired) electrons. The highest BCUT2D eigenvalue weighted by molar-refractivity contribution is 7.98. The monoisotopic (exact) mass is 748 g/mol. The maximum Gasteiger partial charge on any atom is 0.427 e. The van der Waals surface area contributed by atoms with Crippen molar-refractivity contribution >= 4 is 54.4 Å². The standard InChI is InChI=1S/C17H17ClFNO4.C8H14N4OS.C5H12NO4P/c1-9(2)15-16(21)20(17(22)24-15)13-8-14(11(18)7-12(13)19)23-10-5-3-4-6-10;1-8(2,3)5-6(13)12(9)7(14-4)11-10-5;1-11(9,10)3-2-4(6)5(7)8/h7-8,10H,3-6H2,1-2H3;9H2,1-4H3;4H,2-3,6H2,1H3,(H,7,8)(H,9,10). The molecule has 2 fully saturated rings. The third kappa shape index (κ3) is 11.8. The van der Waals surface area contributed by atoms with Crippen LogP contribution in [0.1, 0.15) is 72.4 Å². The Morgan fingerprint density at radius 3 is 2.29 bits per heavy atom. The molecule has 6 N–H and O–H groups in total. The lowest BCUT2D eigenvalue weighted by molar-refractivity contribution is -0.138. The summed E-state index contributed by atoms with van der Waals surface area (Å²) in [7, 11) is -3.10. The Balaban J connectivity index is 0.000000284. The molecular weight excluding hydrogens is 706 g/mol. The van der Waals surface area contributed by atoms with Crippen molar-refractivity contribution < 1.29 is 42.8 Å². The molecule has 0 bridgehead atoms. The zero-order valence-corrected chi connectivity index (χ0v) is 30.8. The van der Waals surface area contributed by atoms with Crippen molar-refractivity contribution in [3.63, 3.8) is 0 Å². The number of thioether (sulfide) groups is 1. The number of hydrogen-bond acceptors (Lipinski definition) is 12. The molecular formula is C30H43ClFN6O9PS. The van der Waals surface area contributed by atoms with Gasteiger partial charge in [0.05, 0.1) is 16.8 Å². The molecule has 1 aliphatic heterocycles. The number of benzene rings is 1. The van der Waals surface area contributed by atoms with Gasteiger partial charge in [-0.15, -0.1) is 10.2 Å². The van der Waals surface area contributed by atoms with E-state index in [-0.39, 0.29) is 51.9 Å². The van der Waals surface area contributed by atoms with E-state index < -0.39 is 37.2 Å². The largest absolute Gasteiger partial charge is 0.489 e. The fraction of sp³-hybridized carbons (Fsp3) is 0.533. The van der Waals surface area contributed by atoms with Crippen LogP contribution >= 0.6 is 30.7 Å². The molecule has 0 spiro atoms. The lowest BCUT2D eigenvalue weighted by atomic mass is 9.93. The van der Waals surface area contributed by atoms with Gasteiger partial charge in [0.25, 0.3) is 5.56 Å². The van der Waals surface area contributed by atoms with Crippen molar-refractivity contribution in [2.75, 3.05) is 29.8 Å². The second-order valence-electron chi connectivity index (χ2n) is 12.6. The normalized spacial score (nSPS) is 16.6. The van der Waals surface area contributed by atoms with Gasteiger partial charge >= 0.3 is 18.0 Å². The average molecular weight is 749 g/mol. The second-order valence-corrected chi connectivity index (χ2v) is 16.3. The van der Waals surface area contributed by atoms with E-state index in [0.717, 1.165) is 36.4 Å². The summed E-state index contributed by atoms with van der Waals surface area (Å²) >= 11 is 7.34. The number of anilines is 1. The zero-order chi connectivity index (χ0) is 37.4. The zero-order valence-electron chi connectivity index (χ0n) is 28.4. The molecule has 2 aliphatic rings. The molecule has 2 amide bonds. The van der Waals surface area contributed by atoms with Gasteiger partial charge in [-0.2, -0.15) is 4.68 Å². The van der Waals surface area contributed by atoms with Crippen molar-refractivity contribution in [2.24, 2.45) is 5.73 Å². The average Bonchev–Trinajstić information content (AvgIpc) is 3.61. The van der Waals surface area contributed by atoms with Gasteiger partial charge in [0, 0.05) is 24.3 Å². The van der Waals surface area contributed by atoms with E-state index in [1.165, 1.54) is 24.5 Å². The molecule has 1 aromatic carbocycles. The molecule has 2 atom stereocenters. The molecule has 2 aromatic rings. The minimum absolute atomic E-state index is 0.00962. The number of aromatic nitrogens is 3. The fourth-order valence-electron chi connectivity index (χ4n) is 4.35. The van der Waals surface area contributed by atoms with Gasteiger partial charge in [-0.05, 0) is 63.8 Å². The first-order valence-electron chi connectivity index (χ1n) is 15.0. The Morgan fingerprint density at radius 2 is 1.82 bits per heavy atom. The molecule has 272 valence electrons. The van der Waals surface area contributed by atoms with Crippen LogP contribution in [0.5, 0.6) is 5.75 Å². The summed E-state index contributed by atoms with van der Waals surface area (Å²) in [5.74, 6) is 3.10. The van der Waals surface area contributed by atoms with Crippen LogP contribution in [0.2, 0.25) is 5.02 Å². The number of cyclic esters (lactones) is 1. The highest BCUT2D eigenvalue weighted by atomic mass is 35.5. The summed E-state index contributed by atoms with van der Waals surface area (Å²) in [4.78, 5) is 55.6. The van der Waals surface area contributed by atoms with Gasteiger partial charge in [-0.3, -0.25) is 18.9 Å². The number of ether oxygens (including phenoxy) is 2. The van der Waals surface area contributed by atoms with Crippen molar-refractivity contribution in [3.8, 4) is 5.75 Å². The molecule has 15 nitrogen and oxygen atoms in total. The van der Waals surface area contributed by atoms with Gasteiger partial charge in [-0.25, -0.2) is 14.1 Å². The maximum absolute atomic E-state index is 14.3. The number of carboxylic acid groups (broad SMARTS) is 1. The van der Waals surface area contributed by atoms with Crippen molar-refractivity contribution in [1.29, 1.82) is 0 Å². The number of rotatable bonds is 8. The summed E-state index contributed by atoms with van der Waals surface area (Å²) in [6.07, 6.45) is 4.79. The molecule has 2 unspecified atom stereocenters. The number of aliphatic carboxylic acids is 1. The van der Waals surface area contributed by atoms with Gasteiger partial charge < -0.3 is 31.1 Å². The van der Waals surface area contributed by atoms with Gasteiger partial charge in [0.1, 0.15) is 23.3 Å². The molecule has 4 rings (SSSR count). The smallest absolute Gasteiger partial charge is 0.427 e. The number of allylic oxidation sites excluding steroid dienone is 1. The number of halogens is 2. The van der Waals surface area contributed by atoms with Crippen LogP contribution in [0.4, 0.5) is 14.9 Å². The number of hydrogen-bond donors (Lipinski definition) is 4. The molecule has 2 heterocycles. The number of amides is 2. The number of carbonyl (C=O) groups excluding carboxylic acids is 2. The quantitative estimate of drug-likeness (QED) is 0.125. The van der Waals surface area contributed by atoms with Crippen LogP contribution in [-0.2, 0) is 24.3 Å². The van der Waals surface area contributed by atoms with Crippen LogP contribution < -0.4 is 26.8 Å². The summed E-state index contributed by atoms with van der Waals surface area (Å²) in [5, 5.41) is 16.6. The minimum atomic E-state index is -3.10. The molecule has 1 saturated heterocycles. The summed E-state index contributed by atoms with van der Waals surface area (Å²) in [6, 6.07) is 1.29. The molecule has 1 aromatic heterocycles. The highest BCUT2D eigenvalue weighted by Gasteiger charge is 2.40. The van der Waals surface area contributed by atoms with Crippen molar-refractivity contribution in [1.82, 2.24) is 14.9 Å². The molecule has 1 saturated carbocycles. The predicted octanol–water partition coefficient (Wildman–Crippen LogP) is 4.64. The fourth-order valence-corrected chi connectivity index (χ4v) is 5.70. The molecule has 19 heteroatoms. The summed E-state index contributed by atoms with van der Waals surface area (Å²) < 4.78 is 36.7. The van der Waals surface area contributed by atoms with Crippen molar-refractivity contribution in [3.05, 3.63) is 50.4 Å². The van der Waals surface area contributed by atoms with E-state index in [1.807, 2.05) is 20.8 Å². The first kappa shape index (κ1) is 41.7. The molecule has 49 heavy (non-hydrogen) atoms. The first-order chi connectivity index (χ1) is 22.6. The Bertz CT molecular complexity index is 1680. The third-order valence-corrected chi connectivity index (χ3v) is 9.02. The Kier molecular flexibility index (Phi) is 14.8. The van der Waals surface area contributed by atoms with E-state index in [1.54, 1.807) is 20.1 Å². The maximum atomic E-state index is 14.3. The first-order valence-corrected chi connectivity index (χ1v) is 18.9. The Labute approximate surface area is 292 Å². The topological polar surface area (TPSA) is 230 Å². The van der Waals surface area contributed by atoms with E-state index in [4.69, 9.17) is 42.7 Å². The number of carboxylic acids is 1. The van der Waals surface area contributed by atoms with E-state index in [9.17, 15) is 28.1 Å². The number of nitrogen functional groups attached to an aromatic ring is 1. The van der Waals surface area contributed by atoms with E-state index >= 15 is 0 Å². The second kappa shape index (κ2) is 17.4. The van der Waals surface area contributed by atoms with Crippen LogP contribution in [0.3, 0.4) is 0 Å². The minimum Gasteiger partial charge on any atom is -0.489 e. The van der Waals surface area contributed by atoms with Crippen molar-refractivity contribution in [2.45, 2.75) is 89.4 Å². The van der Waals surface area contributed by atoms with E-state index in [0.29, 0.717) is 21.3 Å². The van der Waals surface area contributed by atoms with E-state index in [2.05, 4.69) is 10.2 Å². The SMILES string of the molecule is CC(C)=C1OC(=O)N(c2cc(OC3CCCC3)c(Cl)cc2F)C1=O.CP(=O)(O)CCC(N)C(=O)O.CSc1nnc(C(C)(C)C)c(=O)n1N. The van der Waals surface area contributed by atoms with Crippen LogP contribution in [0.15, 0.2) is 33.4 Å². The van der Waals surface area contributed by atoms with Crippen LogP contribution in [-0.4, -0.2) is 74.1 Å². The van der Waals surface area contributed by atoms with Crippen LogP contribution in [0, 0.1) is 5.82 Å². The Morgan fingerprint density at radius 1 is 1.22 bits per heavy atom. The predicted molar refractivity (Wildman–Crippen MR) is 184 cm³/mol. The number of carbonyl (C=O) groups is 3. The summed E-state index contributed by atoms with van der Waals surface area (Å²) in [6.45, 7) is 10.2. The summed E-state index contributed by atoms with van der Waals surface area (Å²) in [5.41, 5.74) is 5.18. The Hall–Kier alpha value is -3.50. The number of nitrogens with two attached hydrogens (primary N) is 2. The lowest BCUT2D eigenvalue weighted by Gasteiger charge is -2.18. The number of nitrogens with zero attached hydrogens (tertiary/aromatic N) is 4. The van der Waals surface area contributed by atoms with Gasteiger partial charge in [0.2, 0.25) is 5.16 Å². The number of imide groups is 1. The van der Waals surface area contributed by atoms with Gasteiger partial charge in [-0.1, -0.05) is 44.1 Å². The molecule has 1 aliphatic carbocycles.